The molecule has 4 rings (SSSR count). The maximum Gasteiger partial charge on any atom is 0.421 e. The molecule has 3 heterocycles. The van der Waals surface area contributed by atoms with Crippen molar-refractivity contribution in [3.8, 4) is 0 Å². The highest BCUT2D eigenvalue weighted by Gasteiger charge is 2.69. The molecule has 0 spiro atoms. The largest absolute Gasteiger partial charge is 0.465 e. The van der Waals surface area contributed by atoms with Crippen molar-refractivity contribution in [3.63, 3.8) is 0 Å². The number of halogens is 4. The van der Waals surface area contributed by atoms with Crippen LogP contribution in [0.15, 0.2) is 6.20 Å². The molecule has 1 aliphatic heterocycles. The topological polar surface area (TPSA) is 89.0 Å². The molecule has 0 radical (unpaired) electrons. The van der Waals surface area contributed by atoms with E-state index < -0.39 is 17.2 Å². The zero-order valence-corrected chi connectivity index (χ0v) is 15.4. The Bertz CT molecular complexity index is 921. The number of nitrogens with one attached hydrogen (secondary N) is 2. The molecule has 2 atom stereocenters. The van der Waals surface area contributed by atoms with Crippen LogP contribution >= 0.6 is 22.9 Å². The van der Waals surface area contributed by atoms with Gasteiger partial charge in [0, 0.05) is 18.7 Å². The molecule has 2 N–H and O–H groups in total. The number of carbonyl (C=O) groups excluding carboxylic acids is 1. The maximum absolute atomic E-state index is 13.0. The van der Waals surface area contributed by atoms with Crippen molar-refractivity contribution >= 4 is 45.7 Å². The van der Waals surface area contributed by atoms with Crippen molar-refractivity contribution in [2.24, 2.45) is 5.92 Å². The molecule has 2 fully saturated rings. The van der Waals surface area contributed by atoms with Gasteiger partial charge in [0.25, 0.3) is 0 Å². The van der Waals surface area contributed by atoms with E-state index >= 15 is 0 Å². The van der Waals surface area contributed by atoms with Crippen LogP contribution in [0.4, 0.5) is 29.9 Å². The van der Waals surface area contributed by atoms with Gasteiger partial charge in [-0.05, 0) is 13.3 Å². The first-order chi connectivity index (χ1) is 12.8. The van der Waals surface area contributed by atoms with E-state index in [1.807, 2.05) is 0 Å². The van der Waals surface area contributed by atoms with Crippen molar-refractivity contribution in [2.45, 2.75) is 24.9 Å². The number of nitrogens with zero attached hydrogens (tertiary/aromatic N) is 3. The van der Waals surface area contributed by atoms with Gasteiger partial charge in [-0.25, -0.2) is 9.97 Å². The fourth-order valence-electron chi connectivity index (χ4n) is 3.06. The number of ether oxygens (including phenoxy) is 1. The van der Waals surface area contributed by atoms with E-state index in [9.17, 15) is 18.0 Å². The second-order valence-electron chi connectivity index (χ2n) is 6.22. The van der Waals surface area contributed by atoms with Crippen LogP contribution in [-0.2, 0) is 21.1 Å². The Morgan fingerprint density at radius 2 is 2.22 bits per heavy atom. The summed E-state index contributed by atoms with van der Waals surface area (Å²) < 4.78 is 44.2. The number of esters is 1. The summed E-state index contributed by atoms with van der Waals surface area (Å²) in [6.45, 7) is 2.29. The molecule has 12 heteroatoms. The van der Waals surface area contributed by atoms with Gasteiger partial charge in [-0.2, -0.15) is 18.2 Å². The number of hydrogen-bond donors (Lipinski definition) is 2. The second-order valence-corrected chi connectivity index (χ2v) is 7.58. The number of fused-ring (bicyclic) bond motifs is 1. The molecule has 2 aromatic rings. The maximum atomic E-state index is 13.0. The van der Waals surface area contributed by atoms with E-state index in [-0.39, 0.29) is 35.4 Å². The Hall–Kier alpha value is -2.14. The van der Waals surface area contributed by atoms with Gasteiger partial charge in [0.2, 0.25) is 5.95 Å². The van der Waals surface area contributed by atoms with Crippen molar-refractivity contribution in [3.05, 3.63) is 21.9 Å². The Morgan fingerprint density at radius 1 is 1.44 bits per heavy atom. The molecule has 2 aromatic heterocycles. The lowest BCUT2D eigenvalue weighted by molar-refractivity contribution is -0.142. The van der Waals surface area contributed by atoms with Gasteiger partial charge >= 0.3 is 12.1 Å². The average molecular weight is 420 g/mol. The molecule has 1 unspecified atom stereocenters. The number of rotatable bonds is 5. The molecule has 1 aliphatic carbocycles. The van der Waals surface area contributed by atoms with Gasteiger partial charge in [-0.1, -0.05) is 22.9 Å². The Kier molecular flexibility index (Phi) is 4.18. The minimum atomic E-state index is -4.58. The van der Waals surface area contributed by atoms with Crippen LogP contribution in [0.25, 0.3) is 0 Å². The highest BCUT2D eigenvalue weighted by molar-refractivity contribution is 7.16. The third-order valence-electron chi connectivity index (χ3n) is 4.52. The number of hydrogen-bond acceptors (Lipinski definition) is 8. The van der Waals surface area contributed by atoms with Gasteiger partial charge in [0.1, 0.15) is 26.8 Å². The molecule has 7 nitrogen and oxygen atoms in total. The summed E-state index contributed by atoms with van der Waals surface area (Å²) in [6, 6.07) is 0. The van der Waals surface area contributed by atoms with Crippen LogP contribution in [0, 0.1) is 5.92 Å². The predicted octanol–water partition coefficient (Wildman–Crippen LogP) is 3.60. The van der Waals surface area contributed by atoms with Crippen LogP contribution in [0.3, 0.4) is 0 Å². The molecule has 144 valence electrons. The molecule has 27 heavy (non-hydrogen) atoms. The van der Waals surface area contributed by atoms with E-state index in [4.69, 9.17) is 16.3 Å². The van der Waals surface area contributed by atoms with Gasteiger partial charge in [0.05, 0.1) is 6.61 Å². The van der Waals surface area contributed by atoms with Crippen molar-refractivity contribution in [1.29, 1.82) is 0 Å². The van der Waals surface area contributed by atoms with E-state index in [1.165, 1.54) is 0 Å². The van der Waals surface area contributed by atoms with Crippen molar-refractivity contribution in [1.82, 2.24) is 15.0 Å². The first-order valence-corrected chi connectivity index (χ1v) is 9.24. The number of anilines is 3. The smallest absolute Gasteiger partial charge is 0.421 e. The summed E-state index contributed by atoms with van der Waals surface area (Å²) >= 11 is 7.29. The summed E-state index contributed by atoms with van der Waals surface area (Å²) in [5, 5.41) is 6.35. The highest BCUT2D eigenvalue weighted by Crippen LogP contribution is 2.60. The number of thiazole rings is 1. The number of alkyl halides is 3. The van der Waals surface area contributed by atoms with Crippen molar-refractivity contribution < 1.29 is 22.7 Å². The lowest BCUT2D eigenvalue weighted by Crippen LogP contribution is -2.18. The van der Waals surface area contributed by atoms with E-state index in [1.54, 1.807) is 6.92 Å². The quantitative estimate of drug-likeness (QED) is 0.716. The second kappa shape index (κ2) is 6.20. The monoisotopic (exact) mass is 419 g/mol. The van der Waals surface area contributed by atoms with Crippen LogP contribution in [-0.4, -0.2) is 34.1 Å². The molecular formula is C15H13ClF3N5O2S. The molecule has 0 amide bonds. The highest BCUT2D eigenvalue weighted by atomic mass is 35.5. The Morgan fingerprint density at radius 3 is 2.81 bits per heavy atom. The first kappa shape index (κ1) is 18.2. The summed E-state index contributed by atoms with van der Waals surface area (Å²) in [5.41, 5.74) is -1.69. The van der Waals surface area contributed by atoms with Crippen molar-refractivity contribution in [2.75, 3.05) is 23.8 Å². The lowest BCUT2D eigenvalue weighted by Gasteiger charge is -2.13. The fourth-order valence-corrected chi connectivity index (χ4v) is 4.47. The standard InChI is InChI=1S/C15H13ClF3N5O2S/c1-2-20-9-7(15(17,18)19)4-21-13(23-9)24-10-8(16)22-11(27-10)14-3-6(14)5-26-12(14)25/h4,6H,2-3,5H2,1H3,(H2,20,21,23,24)/t6?,14-/m0/s1. The SMILES string of the molecule is CCNc1nc(Nc2sc([C@]34CC3COC4=O)nc2Cl)ncc1C(F)(F)F. The average Bonchev–Trinajstić information content (AvgIpc) is 3.10. The minimum Gasteiger partial charge on any atom is -0.465 e. The van der Waals surface area contributed by atoms with E-state index in [2.05, 4.69) is 25.6 Å². The number of carbonyl (C=O) groups is 1. The summed E-state index contributed by atoms with van der Waals surface area (Å²) in [5.74, 6) is -0.606. The lowest BCUT2D eigenvalue weighted by atomic mass is 10.1. The molecule has 1 saturated heterocycles. The van der Waals surface area contributed by atoms with Gasteiger partial charge in [-0.15, -0.1) is 0 Å². The minimum absolute atomic E-state index is 0.0603. The molecule has 0 bridgehead atoms. The number of aromatic nitrogens is 3. The normalized spacial score (nSPS) is 23.7. The molecule has 2 aliphatic rings. The Labute approximate surface area is 160 Å². The van der Waals surface area contributed by atoms with Crippen LogP contribution in [0.5, 0.6) is 0 Å². The van der Waals surface area contributed by atoms with Gasteiger partial charge < -0.3 is 15.4 Å². The Balaban J connectivity index is 1.62. The van der Waals surface area contributed by atoms with Crippen LogP contribution in [0.2, 0.25) is 5.15 Å². The zero-order valence-electron chi connectivity index (χ0n) is 13.9. The van der Waals surface area contributed by atoms with Gasteiger partial charge in [-0.3, -0.25) is 4.79 Å². The molecule has 1 saturated carbocycles. The predicted molar refractivity (Wildman–Crippen MR) is 92.3 cm³/mol. The van der Waals surface area contributed by atoms with Crippen LogP contribution < -0.4 is 10.6 Å². The van der Waals surface area contributed by atoms with E-state index in [0.29, 0.717) is 29.2 Å². The molecule has 0 aromatic carbocycles. The number of cyclic esters (lactones) is 1. The third-order valence-corrected chi connectivity index (χ3v) is 6.05. The third kappa shape index (κ3) is 2.98. The fraction of sp³-hybridized carbons (Fsp3) is 0.467. The first-order valence-electron chi connectivity index (χ1n) is 8.05. The van der Waals surface area contributed by atoms with Gasteiger partial charge in [0.15, 0.2) is 5.15 Å². The van der Waals surface area contributed by atoms with E-state index in [0.717, 1.165) is 11.3 Å². The summed E-state index contributed by atoms with van der Waals surface area (Å²) in [4.78, 5) is 23.9. The zero-order chi connectivity index (χ0) is 19.4. The summed E-state index contributed by atoms with van der Waals surface area (Å²) in [7, 11) is 0. The summed E-state index contributed by atoms with van der Waals surface area (Å²) in [6.07, 6.45) is -3.21. The van der Waals surface area contributed by atoms with Crippen LogP contribution in [0.1, 0.15) is 23.9 Å². The molecular weight excluding hydrogens is 407 g/mol.